The maximum Gasteiger partial charge on any atom is 0.211 e. The molecule has 0 bridgehead atoms. The Morgan fingerprint density at radius 2 is 2.00 bits per heavy atom. The first kappa shape index (κ1) is 21.5. The smallest absolute Gasteiger partial charge is 0.211 e. The Morgan fingerprint density at radius 3 is 2.67 bits per heavy atom. The number of hydrogen-bond donors (Lipinski definition) is 1. The first-order valence-corrected chi connectivity index (χ1v) is 12.3. The van der Waals surface area contributed by atoms with E-state index in [9.17, 15) is 8.42 Å². The van der Waals surface area contributed by atoms with Crippen molar-refractivity contribution in [3.8, 4) is 5.69 Å². The van der Waals surface area contributed by atoms with Gasteiger partial charge in [-0.25, -0.2) is 12.7 Å². The van der Waals surface area contributed by atoms with E-state index >= 15 is 0 Å². The Balaban J connectivity index is 1.56. The number of halogens is 2. The van der Waals surface area contributed by atoms with Gasteiger partial charge < -0.3 is 0 Å². The van der Waals surface area contributed by atoms with E-state index in [1.54, 1.807) is 23.0 Å². The molecule has 0 radical (unpaired) electrons. The molecule has 0 saturated carbocycles. The average molecular weight is 487 g/mol. The molecule has 0 spiro atoms. The Kier molecular flexibility index (Phi) is 6.04. The summed E-state index contributed by atoms with van der Waals surface area (Å²) in [6, 6.07) is 5.37. The number of hydrogen-bond acceptors (Lipinski definition) is 5. The summed E-state index contributed by atoms with van der Waals surface area (Å²) in [7, 11) is -3.18. The van der Waals surface area contributed by atoms with Crippen LogP contribution in [0.25, 0.3) is 5.69 Å². The van der Waals surface area contributed by atoms with Crippen molar-refractivity contribution < 1.29 is 8.42 Å². The van der Waals surface area contributed by atoms with Gasteiger partial charge >= 0.3 is 0 Å². The Bertz CT molecular complexity index is 1230. The second-order valence-corrected chi connectivity index (χ2v) is 10.5. The van der Waals surface area contributed by atoms with Crippen LogP contribution < -0.4 is 0 Å². The Morgan fingerprint density at radius 1 is 1.27 bits per heavy atom. The van der Waals surface area contributed by atoms with Gasteiger partial charge in [-0.2, -0.15) is 10.2 Å². The van der Waals surface area contributed by atoms with Crippen molar-refractivity contribution >= 4 is 45.4 Å². The standard InChI is InChI=1S/C18H20Cl2N6O2S2/c1-30(27,28)25-6-4-12(5-7-25)17-22-23-18(29)26(17)15-9-21-24(11-15)10-13-2-3-14(19)8-16(13)20/h2-3,8-9,11-12H,4-7,10H2,1H3,(H,23,29). The van der Waals surface area contributed by atoms with Crippen LogP contribution in [0.5, 0.6) is 0 Å². The molecule has 1 fully saturated rings. The molecule has 4 rings (SSSR count). The quantitative estimate of drug-likeness (QED) is 0.556. The summed E-state index contributed by atoms with van der Waals surface area (Å²) in [5.41, 5.74) is 1.69. The number of H-pyrrole nitrogens is 1. The summed E-state index contributed by atoms with van der Waals surface area (Å²) in [5, 5.41) is 12.9. The van der Waals surface area contributed by atoms with Gasteiger partial charge in [-0.15, -0.1) is 0 Å². The SMILES string of the molecule is CS(=O)(=O)N1CCC(c2n[nH]c(=S)n2-c2cnn(Cc3ccc(Cl)cc3Cl)c2)CC1. The van der Waals surface area contributed by atoms with E-state index in [0.29, 0.717) is 47.3 Å². The molecule has 1 aliphatic heterocycles. The molecule has 3 aromatic rings. The highest BCUT2D eigenvalue weighted by atomic mass is 35.5. The Hall–Kier alpha value is -1.72. The van der Waals surface area contributed by atoms with Crippen molar-refractivity contribution in [1.29, 1.82) is 0 Å². The zero-order valence-corrected chi connectivity index (χ0v) is 19.3. The first-order chi connectivity index (χ1) is 14.2. The average Bonchev–Trinajstić information content (AvgIpc) is 3.29. The normalized spacial score (nSPS) is 16.2. The number of sulfonamides is 1. The largest absolute Gasteiger partial charge is 0.269 e. The van der Waals surface area contributed by atoms with Crippen molar-refractivity contribution in [2.75, 3.05) is 19.3 Å². The number of aromatic nitrogens is 5. The molecule has 1 saturated heterocycles. The monoisotopic (exact) mass is 486 g/mol. The summed E-state index contributed by atoms with van der Waals surface area (Å²) in [4.78, 5) is 0. The number of benzene rings is 1. The second kappa shape index (κ2) is 8.43. The summed E-state index contributed by atoms with van der Waals surface area (Å²) in [6.07, 6.45) is 6.21. The lowest BCUT2D eigenvalue weighted by molar-refractivity contribution is 0.313. The zero-order valence-electron chi connectivity index (χ0n) is 16.1. The number of piperidine rings is 1. The van der Waals surface area contributed by atoms with Gasteiger partial charge in [0.2, 0.25) is 10.0 Å². The highest BCUT2D eigenvalue weighted by molar-refractivity contribution is 7.88. The summed E-state index contributed by atoms with van der Waals surface area (Å²) in [6.45, 7) is 1.43. The lowest BCUT2D eigenvalue weighted by Crippen LogP contribution is -2.37. The van der Waals surface area contributed by atoms with Crippen LogP contribution in [0.15, 0.2) is 30.6 Å². The number of aromatic amines is 1. The van der Waals surface area contributed by atoms with E-state index < -0.39 is 10.0 Å². The van der Waals surface area contributed by atoms with Gasteiger partial charge in [0.15, 0.2) is 4.77 Å². The number of nitrogens with zero attached hydrogens (tertiary/aromatic N) is 5. The van der Waals surface area contributed by atoms with E-state index in [1.807, 2.05) is 16.8 Å². The predicted molar refractivity (Wildman–Crippen MR) is 118 cm³/mol. The molecule has 0 amide bonds. The van der Waals surface area contributed by atoms with Crippen LogP contribution in [-0.2, 0) is 16.6 Å². The van der Waals surface area contributed by atoms with E-state index in [1.165, 1.54) is 10.6 Å². The molecule has 1 N–H and O–H groups in total. The van der Waals surface area contributed by atoms with Crippen molar-refractivity contribution in [1.82, 2.24) is 28.9 Å². The molecule has 0 atom stereocenters. The third-order valence-electron chi connectivity index (χ3n) is 5.21. The minimum Gasteiger partial charge on any atom is -0.269 e. The maximum absolute atomic E-state index is 11.8. The molecule has 160 valence electrons. The topological polar surface area (TPSA) is 88.8 Å². The predicted octanol–water partition coefficient (Wildman–Crippen LogP) is 3.62. The van der Waals surface area contributed by atoms with Gasteiger partial charge in [-0.05, 0) is 42.8 Å². The third-order valence-corrected chi connectivity index (χ3v) is 7.38. The van der Waals surface area contributed by atoms with Crippen LogP contribution in [0, 0.1) is 4.77 Å². The van der Waals surface area contributed by atoms with Crippen LogP contribution in [-0.4, -0.2) is 56.6 Å². The van der Waals surface area contributed by atoms with Gasteiger partial charge in [0, 0.05) is 35.2 Å². The van der Waals surface area contributed by atoms with Gasteiger partial charge in [0.25, 0.3) is 0 Å². The lowest BCUT2D eigenvalue weighted by atomic mass is 9.97. The molecular formula is C18H20Cl2N6O2S2. The molecule has 8 nitrogen and oxygen atoms in total. The summed E-state index contributed by atoms with van der Waals surface area (Å²) < 4.78 is 29.2. The molecule has 30 heavy (non-hydrogen) atoms. The van der Waals surface area contributed by atoms with E-state index in [-0.39, 0.29) is 5.92 Å². The van der Waals surface area contributed by atoms with Crippen molar-refractivity contribution in [3.63, 3.8) is 0 Å². The van der Waals surface area contributed by atoms with Gasteiger partial charge in [0.1, 0.15) is 5.82 Å². The fourth-order valence-corrected chi connectivity index (χ4v) is 5.24. The van der Waals surface area contributed by atoms with E-state index in [2.05, 4.69) is 15.3 Å². The summed E-state index contributed by atoms with van der Waals surface area (Å²) in [5.74, 6) is 0.891. The number of rotatable bonds is 5. The van der Waals surface area contributed by atoms with Crippen LogP contribution in [0.2, 0.25) is 10.0 Å². The fraction of sp³-hybridized carbons (Fsp3) is 0.389. The molecule has 0 aliphatic carbocycles. The van der Waals surface area contributed by atoms with Crippen molar-refractivity contribution in [2.45, 2.75) is 25.3 Å². The van der Waals surface area contributed by atoms with E-state index in [0.717, 1.165) is 17.1 Å². The molecule has 2 aromatic heterocycles. The highest BCUT2D eigenvalue weighted by Crippen LogP contribution is 2.29. The molecule has 1 aromatic carbocycles. The molecular weight excluding hydrogens is 467 g/mol. The zero-order chi connectivity index (χ0) is 21.5. The van der Waals surface area contributed by atoms with Crippen LogP contribution in [0.1, 0.15) is 30.1 Å². The second-order valence-electron chi connectivity index (χ2n) is 7.29. The third kappa shape index (κ3) is 4.47. The first-order valence-electron chi connectivity index (χ1n) is 9.31. The van der Waals surface area contributed by atoms with Gasteiger partial charge in [-0.1, -0.05) is 29.3 Å². The minimum absolute atomic E-state index is 0.102. The maximum atomic E-state index is 11.8. The fourth-order valence-electron chi connectivity index (χ4n) is 3.66. The van der Waals surface area contributed by atoms with Gasteiger partial charge in [-0.3, -0.25) is 14.3 Å². The molecule has 0 unspecified atom stereocenters. The highest BCUT2D eigenvalue weighted by Gasteiger charge is 2.29. The van der Waals surface area contributed by atoms with Crippen LogP contribution in [0.3, 0.4) is 0 Å². The number of nitrogens with one attached hydrogen (secondary N) is 1. The summed E-state index contributed by atoms with van der Waals surface area (Å²) >= 11 is 17.7. The molecule has 3 heterocycles. The van der Waals surface area contributed by atoms with Crippen LogP contribution >= 0.6 is 35.4 Å². The van der Waals surface area contributed by atoms with E-state index in [4.69, 9.17) is 35.4 Å². The van der Waals surface area contributed by atoms with Gasteiger partial charge in [0.05, 0.1) is 24.7 Å². The molecule has 1 aliphatic rings. The molecule has 12 heteroatoms. The minimum atomic E-state index is -3.18. The lowest BCUT2D eigenvalue weighted by Gasteiger charge is -2.29. The van der Waals surface area contributed by atoms with Crippen molar-refractivity contribution in [2.24, 2.45) is 0 Å². The van der Waals surface area contributed by atoms with Crippen LogP contribution in [0.4, 0.5) is 0 Å². The Labute approximate surface area is 189 Å². The van der Waals surface area contributed by atoms with Crippen molar-refractivity contribution in [3.05, 3.63) is 56.8 Å².